The smallest absolute Gasteiger partial charge is 0.227 e. The Morgan fingerprint density at radius 1 is 0.962 bits per heavy atom. The molecule has 0 aliphatic heterocycles. The van der Waals surface area contributed by atoms with Gasteiger partial charge in [-0.25, -0.2) is 27.5 Å². The van der Waals surface area contributed by atoms with Crippen LogP contribution in [0.15, 0.2) is 42.6 Å². The summed E-state index contributed by atoms with van der Waals surface area (Å²) in [5, 5.41) is 2.73. The fourth-order valence-electron chi connectivity index (χ4n) is 2.40. The molecule has 8 heteroatoms. The lowest BCUT2D eigenvalue weighted by atomic mass is 10.1. The first-order chi connectivity index (χ1) is 12.5. The number of benzene rings is 2. The Morgan fingerprint density at radius 2 is 1.77 bits per heavy atom. The van der Waals surface area contributed by atoms with E-state index in [2.05, 4.69) is 15.3 Å². The van der Waals surface area contributed by atoms with Crippen molar-refractivity contribution in [2.75, 3.05) is 12.4 Å². The van der Waals surface area contributed by atoms with Gasteiger partial charge in [0.1, 0.15) is 23.1 Å². The number of hydrogen-bond acceptors (Lipinski definition) is 4. The van der Waals surface area contributed by atoms with Crippen molar-refractivity contribution in [3.63, 3.8) is 0 Å². The van der Waals surface area contributed by atoms with Crippen molar-refractivity contribution >= 4 is 11.6 Å². The summed E-state index contributed by atoms with van der Waals surface area (Å²) in [7, 11) is 1.48. The zero-order valence-electron chi connectivity index (χ0n) is 13.6. The minimum atomic E-state index is -0.957. The molecule has 4 nitrogen and oxygen atoms in total. The van der Waals surface area contributed by atoms with E-state index < -0.39 is 23.3 Å². The van der Waals surface area contributed by atoms with Crippen LogP contribution in [0.25, 0.3) is 11.3 Å². The Hall–Kier alpha value is -3.00. The van der Waals surface area contributed by atoms with Crippen LogP contribution in [0.3, 0.4) is 0 Å². The number of methoxy groups -OCH3 is 1. The lowest BCUT2D eigenvalue weighted by molar-refractivity contribution is 0.184. The Balaban J connectivity index is 1.95. The van der Waals surface area contributed by atoms with Gasteiger partial charge in [0.25, 0.3) is 0 Å². The molecule has 0 fully saturated rings. The molecule has 2 aromatic carbocycles. The fraction of sp³-hybridized carbons (Fsp3) is 0.111. The van der Waals surface area contributed by atoms with Crippen LogP contribution in [0.1, 0.15) is 5.56 Å². The standard InChI is InChI=1S/C18H13F4N3O/c1-26-9-10-4-12(20)6-13(5-10)24-18-23-8-16(22)17(25-18)14-3-2-11(19)7-15(14)21/h2-8H,9H2,1H3,(H,23,24,25). The van der Waals surface area contributed by atoms with Gasteiger partial charge < -0.3 is 10.1 Å². The molecule has 0 bridgehead atoms. The summed E-state index contributed by atoms with van der Waals surface area (Å²) in [5.41, 5.74) is 0.332. The van der Waals surface area contributed by atoms with Gasteiger partial charge in [0.15, 0.2) is 5.82 Å². The zero-order valence-corrected chi connectivity index (χ0v) is 13.6. The minimum Gasteiger partial charge on any atom is -0.380 e. The summed E-state index contributed by atoms with van der Waals surface area (Å²) >= 11 is 0. The van der Waals surface area contributed by atoms with Crippen molar-refractivity contribution < 1.29 is 22.3 Å². The molecule has 0 aliphatic rings. The third kappa shape index (κ3) is 3.97. The van der Waals surface area contributed by atoms with E-state index in [1.807, 2.05) is 0 Å². The highest BCUT2D eigenvalue weighted by Gasteiger charge is 2.15. The Kier molecular flexibility index (Phi) is 5.13. The van der Waals surface area contributed by atoms with Crippen molar-refractivity contribution in [1.82, 2.24) is 9.97 Å². The second-order valence-corrected chi connectivity index (χ2v) is 5.42. The normalized spacial score (nSPS) is 10.8. The Morgan fingerprint density at radius 3 is 2.50 bits per heavy atom. The number of nitrogens with one attached hydrogen (secondary N) is 1. The van der Waals surface area contributed by atoms with Crippen LogP contribution >= 0.6 is 0 Å². The quantitative estimate of drug-likeness (QED) is 0.674. The maximum absolute atomic E-state index is 14.0. The molecule has 0 radical (unpaired) electrons. The molecule has 0 spiro atoms. The van der Waals surface area contributed by atoms with E-state index in [1.165, 1.54) is 19.2 Å². The molecule has 0 aliphatic carbocycles. The van der Waals surface area contributed by atoms with Crippen molar-refractivity contribution in [2.45, 2.75) is 6.61 Å². The first-order valence-electron chi connectivity index (χ1n) is 7.49. The van der Waals surface area contributed by atoms with Crippen molar-refractivity contribution in [3.05, 3.63) is 71.4 Å². The molecule has 0 amide bonds. The molecule has 3 rings (SSSR count). The number of rotatable bonds is 5. The molecule has 3 aromatic rings. The maximum Gasteiger partial charge on any atom is 0.227 e. The van der Waals surface area contributed by atoms with Crippen LogP contribution in [-0.2, 0) is 11.3 Å². The van der Waals surface area contributed by atoms with Gasteiger partial charge in [-0.15, -0.1) is 0 Å². The number of ether oxygens (including phenoxy) is 1. The van der Waals surface area contributed by atoms with Crippen LogP contribution in [0, 0.1) is 23.3 Å². The van der Waals surface area contributed by atoms with Crippen molar-refractivity contribution in [2.24, 2.45) is 0 Å². The summed E-state index contributed by atoms with van der Waals surface area (Å²) in [5.74, 6) is -3.19. The summed E-state index contributed by atoms with van der Waals surface area (Å²) in [6, 6.07) is 6.82. The second kappa shape index (κ2) is 7.49. The van der Waals surface area contributed by atoms with Crippen LogP contribution in [0.2, 0.25) is 0 Å². The molecule has 134 valence electrons. The van der Waals surface area contributed by atoms with E-state index in [0.717, 1.165) is 18.3 Å². The molecule has 0 saturated heterocycles. The van der Waals surface area contributed by atoms with Crippen LogP contribution in [0.4, 0.5) is 29.2 Å². The van der Waals surface area contributed by atoms with Crippen LogP contribution in [-0.4, -0.2) is 17.1 Å². The highest BCUT2D eigenvalue weighted by Crippen LogP contribution is 2.26. The summed E-state index contributed by atoms with van der Waals surface area (Å²) < 4.78 is 59.6. The van der Waals surface area contributed by atoms with E-state index in [4.69, 9.17) is 4.74 Å². The van der Waals surface area contributed by atoms with Gasteiger partial charge >= 0.3 is 0 Å². The first kappa shape index (κ1) is 17.8. The predicted octanol–water partition coefficient (Wildman–Crippen LogP) is 4.59. The predicted molar refractivity (Wildman–Crippen MR) is 87.7 cm³/mol. The molecular formula is C18H13F4N3O. The number of nitrogens with zero attached hydrogens (tertiary/aromatic N) is 2. The van der Waals surface area contributed by atoms with Gasteiger partial charge in [0.05, 0.1) is 12.8 Å². The van der Waals surface area contributed by atoms with Crippen LogP contribution in [0.5, 0.6) is 0 Å². The molecule has 0 unspecified atom stereocenters. The van der Waals surface area contributed by atoms with E-state index in [-0.39, 0.29) is 23.8 Å². The number of aromatic nitrogens is 2. The molecular weight excluding hydrogens is 350 g/mol. The van der Waals surface area contributed by atoms with Gasteiger partial charge in [-0.05, 0) is 35.9 Å². The minimum absolute atomic E-state index is 0.0703. The van der Waals surface area contributed by atoms with Gasteiger partial charge in [-0.3, -0.25) is 0 Å². The second-order valence-electron chi connectivity index (χ2n) is 5.42. The Bertz CT molecular complexity index is 950. The molecule has 1 N–H and O–H groups in total. The summed E-state index contributed by atoms with van der Waals surface area (Å²) in [6.45, 7) is 0.197. The highest BCUT2D eigenvalue weighted by atomic mass is 19.1. The highest BCUT2D eigenvalue weighted by molar-refractivity contribution is 5.63. The van der Waals surface area contributed by atoms with Gasteiger partial charge in [-0.1, -0.05) is 0 Å². The average molecular weight is 363 g/mol. The molecule has 0 atom stereocenters. The van der Waals surface area contributed by atoms with Crippen LogP contribution < -0.4 is 5.32 Å². The largest absolute Gasteiger partial charge is 0.380 e. The SMILES string of the molecule is COCc1cc(F)cc(Nc2ncc(F)c(-c3ccc(F)cc3F)n2)c1. The molecule has 26 heavy (non-hydrogen) atoms. The summed E-state index contributed by atoms with van der Waals surface area (Å²) in [6.07, 6.45) is 0.850. The lowest BCUT2D eigenvalue weighted by Crippen LogP contribution is -2.02. The average Bonchev–Trinajstić information content (AvgIpc) is 2.57. The fourth-order valence-corrected chi connectivity index (χ4v) is 2.40. The summed E-state index contributed by atoms with van der Waals surface area (Å²) in [4.78, 5) is 7.69. The maximum atomic E-state index is 14.0. The van der Waals surface area contributed by atoms with Gasteiger partial charge in [0.2, 0.25) is 5.95 Å². The third-order valence-electron chi connectivity index (χ3n) is 3.46. The topological polar surface area (TPSA) is 47.0 Å². The number of halogens is 4. The number of anilines is 2. The van der Waals surface area contributed by atoms with E-state index in [0.29, 0.717) is 17.3 Å². The monoisotopic (exact) mass is 363 g/mol. The molecule has 1 aromatic heterocycles. The van der Waals surface area contributed by atoms with E-state index >= 15 is 0 Å². The van der Waals surface area contributed by atoms with Gasteiger partial charge in [-0.2, -0.15) is 0 Å². The van der Waals surface area contributed by atoms with E-state index in [1.54, 1.807) is 6.07 Å². The third-order valence-corrected chi connectivity index (χ3v) is 3.46. The van der Waals surface area contributed by atoms with Crippen molar-refractivity contribution in [1.29, 1.82) is 0 Å². The zero-order chi connectivity index (χ0) is 18.7. The Labute approximate surface area is 146 Å². The lowest BCUT2D eigenvalue weighted by Gasteiger charge is -2.10. The first-order valence-corrected chi connectivity index (χ1v) is 7.49. The van der Waals surface area contributed by atoms with Crippen molar-refractivity contribution in [3.8, 4) is 11.3 Å². The van der Waals surface area contributed by atoms with E-state index in [9.17, 15) is 17.6 Å². The molecule has 0 saturated carbocycles. The number of hydrogen-bond donors (Lipinski definition) is 1. The molecule has 1 heterocycles. The van der Waals surface area contributed by atoms with Gasteiger partial charge in [0, 0.05) is 24.4 Å².